The maximum atomic E-state index is 9.90. The van der Waals surface area contributed by atoms with Gasteiger partial charge in [0.25, 0.3) is 0 Å². The number of rotatable bonds is 7. The molecule has 0 bridgehead atoms. The van der Waals surface area contributed by atoms with Crippen LogP contribution in [0.4, 0.5) is 0 Å². The SMILES string of the molecule is Cc1ncc(CSCCCN(C)C)c(CN)c1O. The number of pyridine rings is 1. The van der Waals surface area contributed by atoms with E-state index in [2.05, 4.69) is 24.0 Å². The van der Waals surface area contributed by atoms with Gasteiger partial charge in [-0.25, -0.2) is 0 Å². The third kappa shape index (κ3) is 4.48. The molecule has 0 unspecified atom stereocenters. The predicted octanol–water partition coefficient (Wildman–Crippen LogP) is 1.74. The number of hydrogen-bond acceptors (Lipinski definition) is 5. The summed E-state index contributed by atoms with van der Waals surface area (Å²) in [4.78, 5) is 6.37. The van der Waals surface area contributed by atoms with Gasteiger partial charge >= 0.3 is 0 Å². The predicted molar refractivity (Wildman–Crippen MR) is 77.9 cm³/mol. The third-order valence-corrected chi connectivity index (χ3v) is 3.88. The lowest BCUT2D eigenvalue weighted by Crippen LogP contribution is -2.13. The van der Waals surface area contributed by atoms with Gasteiger partial charge in [0, 0.05) is 24.1 Å². The molecular weight excluding hydrogens is 246 g/mol. The zero-order valence-electron chi connectivity index (χ0n) is 11.4. The molecule has 0 atom stereocenters. The van der Waals surface area contributed by atoms with E-state index in [0.717, 1.165) is 29.2 Å². The van der Waals surface area contributed by atoms with Crippen LogP contribution < -0.4 is 5.73 Å². The van der Waals surface area contributed by atoms with E-state index in [1.807, 2.05) is 18.0 Å². The van der Waals surface area contributed by atoms with Crippen LogP contribution in [0.2, 0.25) is 0 Å². The molecule has 102 valence electrons. The first-order chi connectivity index (χ1) is 8.56. The molecule has 0 radical (unpaired) electrons. The maximum absolute atomic E-state index is 9.90. The highest BCUT2D eigenvalue weighted by molar-refractivity contribution is 7.98. The molecule has 0 aliphatic heterocycles. The van der Waals surface area contributed by atoms with Gasteiger partial charge in [0.15, 0.2) is 0 Å². The fourth-order valence-electron chi connectivity index (χ4n) is 1.70. The van der Waals surface area contributed by atoms with Crippen molar-refractivity contribution in [3.8, 4) is 5.75 Å². The first kappa shape index (κ1) is 15.3. The zero-order valence-corrected chi connectivity index (χ0v) is 12.3. The highest BCUT2D eigenvalue weighted by atomic mass is 32.2. The van der Waals surface area contributed by atoms with Crippen molar-refractivity contribution in [2.75, 3.05) is 26.4 Å². The Bertz CT molecular complexity index is 383. The summed E-state index contributed by atoms with van der Waals surface area (Å²) < 4.78 is 0. The molecule has 1 aromatic rings. The molecule has 0 spiro atoms. The normalized spacial score (nSPS) is 11.2. The average Bonchev–Trinajstić information content (AvgIpc) is 2.33. The second-order valence-electron chi connectivity index (χ2n) is 4.61. The lowest BCUT2D eigenvalue weighted by atomic mass is 10.1. The van der Waals surface area contributed by atoms with Gasteiger partial charge in [0.1, 0.15) is 5.75 Å². The summed E-state index contributed by atoms with van der Waals surface area (Å²) in [5.41, 5.74) is 8.22. The smallest absolute Gasteiger partial charge is 0.141 e. The topological polar surface area (TPSA) is 62.4 Å². The Morgan fingerprint density at radius 3 is 2.78 bits per heavy atom. The van der Waals surface area contributed by atoms with E-state index in [9.17, 15) is 5.11 Å². The molecule has 0 aliphatic carbocycles. The summed E-state index contributed by atoms with van der Waals surface area (Å²) in [6.07, 6.45) is 3.00. The molecule has 0 aliphatic rings. The van der Waals surface area contributed by atoms with Gasteiger partial charge < -0.3 is 15.7 Å². The van der Waals surface area contributed by atoms with Crippen LogP contribution in [-0.2, 0) is 12.3 Å². The van der Waals surface area contributed by atoms with E-state index in [4.69, 9.17) is 5.73 Å². The van der Waals surface area contributed by atoms with Gasteiger partial charge in [-0.3, -0.25) is 4.98 Å². The van der Waals surface area contributed by atoms with Gasteiger partial charge in [-0.15, -0.1) is 0 Å². The molecule has 4 nitrogen and oxygen atoms in total. The molecular formula is C13H23N3OS. The molecule has 1 aromatic heterocycles. The Labute approximate surface area is 114 Å². The third-order valence-electron chi connectivity index (χ3n) is 2.79. The number of hydrogen-bond donors (Lipinski definition) is 2. The molecule has 0 amide bonds. The van der Waals surface area contributed by atoms with Gasteiger partial charge in [0.2, 0.25) is 0 Å². The van der Waals surface area contributed by atoms with Crippen LogP contribution in [0.15, 0.2) is 6.20 Å². The Kier molecular flexibility index (Phi) is 6.46. The largest absolute Gasteiger partial charge is 0.506 e. The summed E-state index contributed by atoms with van der Waals surface area (Å²) in [6.45, 7) is 3.26. The second kappa shape index (κ2) is 7.61. The number of aromatic nitrogens is 1. The zero-order chi connectivity index (χ0) is 13.5. The Morgan fingerprint density at radius 1 is 1.44 bits per heavy atom. The fourth-order valence-corrected chi connectivity index (χ4v) is 2.65. The van der Waals surface area contributed by atoms with E-state index >= 15 is 0 Å². The molecule has 0 saturated carbocycles. The number of nitrogens with two attached hydrogens (primary N) is 1. The average molecular weight is 269 g/mol. The summed E-state index contributed by atoms with van der Waals surface area (Å²) in [5.74, 6) is 2.22. The first-order valence-corrected chi connectivity index (χ1v) is 7.30. The number of nitrogens with zero attached hydrogens (tertiary/aromatic N) is 2. The Morgan fingerprint density at radius 2 is 2.17 bits per heavy atom. The molecule has 1 heterocycles. The van der Waals surface area contributed by atoms with Crippen LogP contribution in [0, 0.1) is 6.92 Å². The quantitative estimate of drug-likeness (QED) is 0.738. The van der Waals surface area contributed by atoms with Crippen molar-refractivity contribution < 1.29 is 5.11 Å². The van der Waals surface area contributed by atoms with Crippen molar-refractivity contribution in [1.82, 2.24) is 9.88 Å². The van der Waals surface area contributed by atoms with E-state index < -0.39 is 0 Å². The van der Waals surface area contributed by atoms with Crippen molar-refractivity contribution in [3.63, 3.8) is 0 Å². The minimum atomic E-state index is 0.254. The standard InChI is InChI=1S/C13H23N3OS/c1-10-13(17)12(7-14)11(8-15-10)9-18-6-4-5-16(2)3/h8,17H,4-7,9,14H2,1-3H3. The van der Waals surface area contributed by atoms with Gasteiger partial charge in [0.05, 0.1) is 5.69 Å². The number of thioether (sulfide) groups is 1. The summed E-state index contributed by atoms with van der Waals surface area (Å²) in [6, 6.07) is 0. The van der Waals surface area contributed by atoms with Crippen molar-refractivity contribution in [3.05, 3.63) is 23.0 Å². The molecule has 18 heavy (non-hydrogen) atoms. The molecule has 0 saturated heterocycles. The number of aromatic hydroxyl groups is 1. The van der Waals surface area contributed by atoms with Crippen LogP contribution >= 0.6 is 11.8 Å². The van der Waals surface area contributed by atoms with Crippen molar-refractivity contribution in [1.29, 1.82) is 0 Å². The van der Waals surface area contributed by atoms with Crippen molar-refractivity contribution >= 4 is 11.8 Å². The highest BCUT2D eigenvalue weighted by Gasteiger charge is 2.10. The lowest BCUT2D eigenvalue weighted by Gasteiger charge is -2.12. The molecule has 0 fully saturated rings. The van der Waals surface area contributed by atoms with Crippen LogP contribution in [0.1, 0.15) is 23.2 Å². The minimum Gasteiger partial charge on any atom is -0.506 e. The van der Waals surface area contributed by atoms with Crippen LogP contribution in [0.25, 0.3) is 0 Å². The fraction of sp³-hybridized carbons (Fsp3) is 0.615. The van der Waals surface area contributed by atoms with Gasteiger partial charge in [-0.2, -0.15) is 11.8 Å². The van der Waals surface area contributed by atoms with E-state index in [-0.39, 0.29) is 5.75 Å². The summed E-state index contributed by atoms with van der Waals surface area (Å²) in [5, 5.41) is 9.90. The Balaban J connectivity index is 2.49. The molecule has 5 heteroatoms. The second-order valence-corrected chi connectivity index (χ2v) is 5.71. The van der Waals surface area contributed by atoms with E-state index in [1.165, 1.54) is 6.42 Å². The van der Waals surface area contributed by atoms with Gasteiger partial charge in [-0.05, 0) is 45.3 Å². The van der Waals surface area contributed by atoms with Crippen LogP contribution in [0.3, 0.4) is 0 Å². The monoisotopic (exact) mass is 269 g/mol. The molecule has 1 rings (SSSR count). The number of aryl methyl sites for hydroxylation is 1. The maximum Gasteiger partial charge on any atom is 0.141 e. The minimum absolute atomic E-state index is 0.254. The molecule has 0 aromatic carbocycles. The van der Waals surface area contributed by atoms with Gasteiger partial charge in [-0.1, -0.05) is 0 Å². The Hall–Kier alpha value is -0.780. The first-order valence-electron chi connectivity index (χ1n) is 6.15. The molecule has 3 N–H and O–H groups in total. The summed E-state index contributed by atoms with van der Waals surface area (Å²) >= 11 is 1.86. The highest BCUT2D eigenvalue weighted by Crippen LogP contribution is 2.26. The summed E-state index contributed by atoms with van der Waals surface area (Å²) in [7, 11) is 4.16. The van der Waals surface area contributed by atoms with Crippen molar-refractivity contribution in [2.24, 2.45) is 5.73 Å². The van der Waals surface area contributed by atoms with E-state index in [1.54, 1.807) is 6.92 Å². The van der Waals surface area contributed by atoms with Crippen LogP contribution in [-0.4, -0.2) is 41.4 Å². The lowest BCUT2D eigenvalue weighted by molar-refractivity contribution is 0.410. The van der Waals surface area contributed by atoms with Crippen LogP contribution in [0.5, 0.6) is 5.75 Å². The van der Waals surface area contributed by atoms with E-state index in [0.29, 0.717) is 12.2 Å². The van der Waals surface area contributed by atoms with Crippen molar-refractivity contribution in [2.45, 2.75) is 25.6 Å².